The number of nitrogen functional groups attached to an aromatic ring is 1. The van der Waals surface area contributed by atoms with E-state index >= 15 is 0 Å². The molecule has 3 aromatic carbocycles. The van der Waals surface area contributed by atoms with E-state index in [1.54, 1.807) is 36.7 Å². The summed E-state index contributed by atoms with van der Waals surface area (Å²) in [7, 11) is 3.04. The number of fused-ring (bicyclic) bond motifs is 1. The highest BCUT2D eigenvalue weighted by atomic mass is 19.4. The number of nitrogens with two attached hydrogens (primary N) is 1. The lowest BCUT2D eigenvalue weighted by Gasteiger charge is -2.19. The number of pyridine rings is 1. The van der Waals surface area contributed by atoms with Crippen LogP contribution in [0.3, 0.4) is 0 Å². The molecule has 0 fully saturated rings. The maximum Gasteiger partial charge on any atom is 0.416 e. The van der Waals surface area contributed by atoms with Gasteiger partial charge < -0.3 is 20.5 Å². The van der Waals surface area contributed by atoms with Crippen molar-refractivity contribution in [3.63, 3.8) is 0 Å². The quantitative estimate of drug-likeness (QED) is 0.243. The molecule has 0 unspecified atom stereocenters. The molecule has 2 heterocycles. The lowest BCUT2D eigenvalue weighted by Crippen LogP contribution is -2.13. The van der Waals surface area contributed by atoms with Gasteiger partial charge in [0.25, 0.3) is 5.91 Å². The van der Waals surface area contributed by atoms with E-state index < -0.39 is 17.6 Å². The molecule has 3 N–H and O–H groups in total. The van der Waals surface area contributed by atoms with E-state index in [4.69, 9.17) is 15.2 Å². The minimum absolute atomic E-state index is 0.0271. The van der Waals surface area contributed by atoms with Crippen molar-refractivity contribution >= 4 is 28.4 Å². The summed E-state index contributed by atoms with van der Waals surface area (Å²) < 4.78 is 50.6. The Morgan fingerprint density at radius 1 is 0.927 bits per heavy atom. The van der Waals surface area contributed by atoms with Gasteiger partial charge in [-0.2, -0.15) is 13.2 Å². The number of methoxy groups -OCH3 is 2. The first-order valence-corrected chi connectivity index (χ1v) is 12.3. The highest BCUT2D eigenvalue weighted by Gasteiger charge is 2.30. The second-order valence-electron chi connectivity index (χ2n) is 9.15. The number of alkyl halides is 3. The van der Waals surface area contributed by atoms with Crippen LogP contribution < -0.4 is 20.5 Å². The molecule has 8 nitrogen and oxygen atoms in total. The molecule has 11 heteroatoms. The van der Waals surface area contributed by atoms with E-state index in [1.807, 2.05) is 19.1 Å². The Balaban J connectivity index is 1.64. The van der Waals surface area contributed by atoms with Gasteiger partial charge in [0.2, 0.25) is 11.8 Å². The van der Waals surface area contributed by atoms with Crippen molar-refractivity contribution in [1.29, 1.82) is 0 Å². The van der Waals surface area contributed by atoms with Crippen LogP contribution in [0.2, 0.25) is 0 Å². The van der Waals surface area contributed by atoms with E-state index in [-0.39, 0.29) is 17.2 Å². The molecule has 41 heavy (non-hydrogen) atoms. The zero-order valence-corrected chi connectivity index (χ0v) is 22.2. The van der Waals surface area contributed by atoms with Crippen molar-refractivity contribution in [2.45, 2.75) is 13.1 Å². The highest BCUT2D eigenvalue weighted by molar-refractivity contribution is 6.06. The Hall–Kier alpha value is -5.19. The van der Waals surface area contributed by atoms with Crippen molar-refractivity contribution in [3.05, 3.63) is 89.7 Å². The molecule has 0 bridgehead atoms. The first-order valence-electron chi connectivity index (χ1n) is 12.3. The standard InChI is InChI=1S/C30H24F3N5O3/c1-16-7-8-17(28(39)37-21-6-4-5-20(13-21)30(31,32)33)11-22(16)23-12-19-15-36-29(34)38-26(19)25(27(23)41-3)18-9-10-24(40-2)35-14-18/h4-15H,1-3H3,(H,37,39)(H2,34,36,38). The second-order valence-corrected chi connectivity index (χ2v) is 9.15. The van der Waals surface area contributed by atoms with Gasteiger partial charge in [0.05, 0.1) is 30.9 Å². The largest absolute Gasteiger partial charge is 0.495 e. The van der Waals surface area contributed by atoms with E-state index in [0.29, 0.717) is 44.8 Å². The van der Waals surface area contributed by atoms with Gasteiger partial charge >= 0.3 is 6.18 Å². The number of carbonyl (C=O) groups is 1. The van der Waals surface area contributed by atoms with Crippen molar-refractivity contribution in [2.24, 2.45) is 0 Å². The summed E-state index contributed by atoms with van der Waals surface area (Å²) >= 11 is 0. The first-order chi connectivity index (χ1) is 19.6. The number of nitrogens with zero attached hydrogens (tertiary/aromatic N) is 3. The van der Waals surface area contributed by atoms with Crippen LogP contribution in [0.1, 0.15) is 21.5 Å². The van der Waals surface area contributed by atoms with Crippen molar-refractivity contribution in [3.8, 4) is 33.9 Å². The highest BCUT2D eigenvalue weighted by Crippen LogP contribution is 2.44. The summed E-state index contributed by atoms with van der Waals surface area (Å²) in [5, 5.41) is 3.22. The fourth-order valence-electron chi connectivity index (χ4n) is 4.53. The lowest BCUT2D eigenvalue weighted by molar-refractivity contribution is -0.137. The average molecular weight is 560 g/mol. The normalized spacial score (nSPS) is 11.4. The molecule has 0 atom stereocenters. The summed E-state index contributed by atoms with van der Waals surface area (Å²) in [6.07, 6.45) is -1.31. The number of benzene rings is 3. The fourth-order valence-corrected chi connectivity index (χ4v) is 4.53. The van der Waals surface area contributed by atoms with Gasteiger partial charge in [-0.15, -0.1) is 0 Å². The number of hydrogen-bond acceptors (Lipinski definition) is 7. The molecule has 5 rings (SSSR count). The number of anilines is 2. The number of ether oxygens (including phenoxy) is 2. The van der Waals surface area contributed by atoms with Crippen molar-refractivity contribution < 1.29 is 27.4 Å². The summed E-state index contributed by atoms with van der Waals surface area (Å²) in [4.78, 5) is 26.1. The summed E-state index contributed by atoms with van der Waals surface area (Å²) in [6, 6.07) is 14.9. The lowest BCUT2D eigenvalue weighted by atomic mass is 9.91. The zero-order chi connectivity index (χ0) is 29.3. The van der Waals surface area contributed by atoms with Crippen LogP contribution in [-0.4, -0.2) is 35.1 Å². The number of hydrogen-bond donors (Lipinski definition) is 2. The van der Waals surface area contributed by atoms with Crippen LogP contribution in [0.4, 0.5) is 24.8 Å². The van der Waals surface area contributed by atoms with Gasteiger partial charge in [-0.05, 0) is 60.5 Å². The summed E-state index contributed by atoms with van der Waals surface area (Å²) in [5.41, 5.74) is 9.32. The molecule has 0 spiro atoms. The van der Waals surface area contributed by atoms with Gasteiger partial charge in [-0.25, -0.2) is 15.0 Å². The molecular formula is C30H24F3N5O3. The topological polar surface area (TPSA) is 112 Å². The number of nitrogens with one attached hydrogen (secondary N) is 1. The second kappa shape index (κ2) is 10.8. The molecule has 0 aliphatic heterocycles. The molecule has 2 aromatic heterocycles. The fraction of sp³-hybridized carbons (Fsp3) is 0.133. The third kappa shape index (κ3) is 5.46. The monoisotopic (exact) mass is 559 g/mol. The number of carbonyl (C=O) groups excluding carboxylic acids is 1. The summed E-state index contributed by atoms with van der Waals surface area (Å²) in [5.74, 6) is 0.402. The minimum Gasteiger partial charge on any atom is -0.495 e. The molecule has 0 radical (unpaired) electrons. The zero-order valence-electron chi connectivity index (χ0n) is 22.2. The van der Waals surface area contributed by atoms with E-state index in [0.717, 1.165) is 17.7 Å². The SMILES string of the molecule is COc1ccc(-c2c(OC)c(-c3cc(C(=O)Nc4cccc(C(F)(F)F)c4)ccc3C)cc3cnc(N)nc23)cn1. The van der Waals surface area contributed by atoms with Gasteiger partial charge in [0.1, 0.15) is 5.75 Å². The molecule has 1 amide bonds. The van der Waals surface area contributed by atoms with Crippen LogP contribution in [0.15, 0.2) is 73.1 Å². The predicted molar refractivity (Wildman–Crippen MR) is 150 cm³/mol. The Bertz CT molecular complexity index is 1770. The maximum absolute atomic E-state index is 13.2. The number of aromatic nitrogens is 3. The third-order valence-electron chi connectivity index (χ3n) is 6.52. The number of amides is 1. The van der Waals surface area contributed by atoms with E-state index in [1.165, 1.54) is 26.4 Å². The van der Waals surface area contributed by atoms with Crippen LogP contribution in [0, 0.1) is 6.92 Å². The third-order valence-corrected chi connectivity index (χ3v) is 6.52. The van der Waals surface area contributed by atoms with Crippen molar-refractivity contribution in [2.75, 3.05) is 25.3 Å². The van der Waals surface area contributed by atoms with Crippen molar-refractivity contribution in [1.82, 2.24) is 15.0 Å². The van der Waals surface area contributed by atoms with Gasteiger partial charge in [0.15, 0.2) is 0 Å². The Kier molecular flexibility index (Phi) is 7.19. The molecule has 0 aliphatic rings. The molecule has 5 aromatic rings. The number of rotatable bonds is 6. The molecule has 208 valence electrons. The van der Waals surface area contributed by atoms with Crippen LogP contribution >= 0.6 is 0 Å². The number of halogens is 3. The molecular weight excluding hydrogens is 535 g/mol. The van der Waals surface area contributed by atoms with Gasteiger partial charge in [-0.3, -0.25) is 4.79 Å². The van der Waals surface area contributed by atoms with E-state index in [9.17, 15) is 18.0 Å². The Morgan fingerprint density at radius 3 is 2.41 bits per heavy atom. The number of aryl methyl sites for hydroxylation is 1. The van der Waals surface area contributed by atoms with Gasteiger partial charge in [0, 0.05) is 46.2 Å². The van der Waals surface area contributed by atoms with Crippen LogP contribution in [-0.2, 0) is 6.18 Å². The Labute approximate surface area is 233 Å². The smallest absolute Gasteiger partial charge is 0.416 e. The Morgan fingerprint density at radius 2 is 1.73 bits per heavy atom. The van der Waals surface area contributed by atoms with Crippen LogP contribution in [0.5, 0.6) is 11.6 Å². The molecule has 0 aliphatic carbocycles. The first kappa shape index (κ1) is 27.4. The predicted octanol–water partition coefficient (Wildman–Crippen LogP) is 6.54. The van der Waals surface area contributed by atoms with Gasteiger partial charge in [-0.1, -0.05) is 12.1 Å². The average Bonchev–Trinajstić information content (AvgIpc) is 2.96. The summed E-state index contributed by atoms with van der Waals surface area (Å²) in [6.45, 7) is 1.88. The molecule has 0 saturated heterocycles. The maximum atomic E-state index is 13.2. The van der Waals surface area contributed by atoms with Crippen LogP contribution in [0.25, 0.3) is 33.2 Å². The molecule has 0 saturated carbocycles. The minimum atomic E-state index is -4.53. The van der Waals surface area contributed by atoms with E-state index in [2.05, 4.69) is 20.3 Å².